The van der Waals surface area contributed by atoms with Crippen molar-refractivity contribution in [3.63, 3.8) is 0 Å². The maximum atomic E-state index is 12.4. The molecule has 0 aliphatic heterocycles. The number of amides is 1. The summed E-state index contributed by atoms with van der Waals surface area (Å²) in [5.74, 6) is -0.376. The molecule has 0 saturated heterocycles. The molecule has 2 aromatic heterocycles. The molecule has 3 rings (SSSR count). The van der Waals surface area contributed by atoms with Gasteiger partial charge in [0.25, 0.3) is 5.56 Å². The third kappa shape index (κ3) is 3.12. The summed E-state index contributed by atoms with van der Waals surface area (Å²) in [5, 5.41) is 2.67. The lowest BCUT2D eigenvalue weighted by Crippen LogP contribution is -2.37. The monoisotopic (exact) mass is 425 g/mol. The predicted molar refractivity (Wildman–Crippen MR) is 98.0 cm³/mol. The van der Waals surface area contributed by atoms with Gasteiger partial charge in [0.15, 0.2) is 11.2 Å². The maximum Gasteiger partial charge on any atom is 0.332 e. The number of carbonyl (C=O) groups excluding carboxylic acids is 1. The van der Waals surface area contributed by atoms with E-state index < -0.39 is 11.2 Å². The SMILES string of the molecule is Cn1c(=O)c2c(nc(Cl)n2CC(=O)Nc2ccc(Br)cc2)n(C)c1=O. The summed E-state index contributed by atoms with van der Waals surface area (Å²) in [4.78, 5) is 40.7. The largest absolute Gasteiger partial charge is 0.332 e. The smallest absolute Gasteiger partial charge is 0.325 e. The topological polar surface area (TPSA) is 90.9 Å². The van der Waals surface area contributed by atoms with Crippen LogP contribution in [0.5, 0.6) is 0 Å². The number of rotatable bonds is 3. The second-order valence-corrected chi connectivity index (χ2v) is 6.65. The molecular formula is C15H13BrClN5O3. The Labute approximate surface area is 154 Å². The van der Waals surface area contributed by atoms with E-state index in [1.54, 1.807) is 24.3 Å². The van der Waals surface area contributed by atoms with Crippen LogP contribution in [-0.4, -0.2) is 24.6 Å². The Morgan fingerprint density at radius 2 is 1.84 bits per heavy atom. The average Bonchev–Trinajstić information content (AvgIpc) is 2.90. The fourth-order valence-corrected chi connectivity index (χ4v) is 2.93. The van der Waals surface area contributed by atoms with Gasteiger partial charge in [-0.25, -0.2) is 4.79 Å². The highest BCUT2D eigenvalue weighted by Gasteiger charge is 2.19. The second kappa shape index (κ2) is 6.49. The first kappa shape index (κ1) is 17.4. The first-order valence-corrected chi connectivity index (χ1v) is 8.34. The van der Waals surface area contributed by atoms with Crippen molar-refractivity contribution >= 4 is 50.3 Å². The number of halogens is 2. The van der Waals surface area contributed by atoms with Crippen LogP contribution < -0.4 is 16.6 Å². The molecule has 1 N–H and O–H groups in total. The average molecular weight is 427 g/mol. The lowest BCUT2D eigenvalue weighted by atomic mass is 10.3. The Bertz CT molecular complexity index is 1100. The summed E-state index contributed by atoms with van der Waals surface area (Å²) in [6.07, 6.45) is 0. The molecule has 1 aromatic carbocycles. The number of aryl methyl sites for hydroxylation is 1. The summed E-state index contributed by atoms with van der Waals surface area (Å²) < 4.78 is 4.33. The fraction of sp³-hybridized carbons (Fsp3) is 0.200. The first-order valence-electron chi connectivity index (χ1n) is 7.16. The molecule has 10 heteroatoms. The summed E-state index contributed by atoms with van der Waals surface area (Å²) in [6, 6.07) is 7.05. The number of hydrogen-bond donors (Lipinski definition) is 1. The number of fused-ring (bicyclic) bond motifs is 1. The Morgan fingerprint density at radius 3 is 2.48 bits per heavy atom. The molecule has 0 aliphatic carbocycles. The van der Waals surface area contributed by atoms with Gasteiger partial charge in [0.1, 0.15) is 6.54 Å². The molecule has 0 radical (unpaired) electrons. The Balaban J connectivity index is 2.00. The summed E-state index contributed by atoms with van der Waals surface area (Å²) >= 11 is 9.40. The number of carbonyl (C=O) groups is 1. The zero-order valence-corrected chi connectivity index (χ0v) is 15.6. The van der Waals surface area contributed by atoms with E-state index in [9.17, 15) is 14.4 Å². The van der Waals surface area contributed by atoms with Gasteiger partial charge >= 0.3 is 5.69 Å². The van der Waals surface area contributed by atoms with E-state index in [1.807, 2.05) is 0 Å². The van der Waals surface area contributed by atoms with Gasteiger partial charge in [-0.1, -0.05) is 15.9 Å². The molecular weight excluding hydrogens is 414 g/mol. The van der Waals surface area contributed by atoms with E-state index in [1.165, 1.54) is 23.2 Å². The van der Waals surface area contributed by atoms with Crippen molar-refractivity contribution in [2.45, 2.75) is 6.54 Å². The zero-order chi connectivity index (χ0) is 18.3. The molecule has 3 aromatic rings. The third-order valence-electron chi connectivity index (χ3n) is 3.73. The molecule has 0 fully saturated rings. The van der Waals surface area contributed by atoms with Crippen LogP contribution in [0, 0.1) is 0 Å². The van der Waals surface area contributed by atoms with Gasteiger partial charge in [-0.15, -0.1) is 0 Å². The fourth-order valence-electron chi connectivity index (χ4n) is 2.44. The quantitative estimate of drug-likeness (QED) is 0.643. The minimum Gasteiger partial charge on any atom is -0.325 e. The molecule has 2 heterocycles. The van der Waals surface area contributed by atoms with Crippen molar-refractivity contribution in [1.29, 1.82) is 0 Å². The Kier molecular flexibility index (Phi) is 4.53. The number of aromatic nitrogens is 4. The minimum absolute atomic E-state index is 0.0424. The van der Waals surface area contributed by atoms with Crippen molar-refractivity contribution in [3.05, 3.63) is 54.9 Å². The van der Waals surface area contributed by atoms with Crippen molar-refractivity contribution in [2.24, 2.45) is 14.1 Å². The molecule has 0 bridgehead atoms. The summed E-state index contributed by atoms with van der Waals surface area (Å²) in [7, 11) is 2.84. The number of hydrogen-bond acceptors (Lipinski definition) is 4. The number of benzene rings is 1. The van der Waals surface area contributed by atoms with Crippen LogP contribution >= 0.6 is 27.5 Å². The second-order valence-electron chi connectivity index (χ2n) is 5.40. The van der Waals surface area contributed by atoms with Crippen LogP contribution in [0.4, 0.5) is 5.69 Å². The molecule has 8 nitrogen and oxygen atoms in total. The van der Waals surface area contributed by atoms with Gasteiger partial charge < -0.3 is 5.32 Å². The van der Waals surface area contributed by atoms with Crippen molar-refractivity contribution in [2.75, 3.05) is 5.32 Å². The molecule has 0 aliphatic rings. The van der Waals surface area contributed by atoms with Gasteiger partial charge in [-0.05, 0) is 35.9 Å². The molecule has 0 saturated carbocycles. The Morgan fingerprint density at radius 1 is 1.20 bits per heavy atom. The highest BCUT2D eigenvalue weighted by Crippen LogP contribution is 2.17. The third-order valence-corrected chi connectivity index (χ3v) is 4.55. The molecule has 1 amide bonds. The van der Waals surface area contributed by atoms with E-state index in [0.717, 1.165) is 9.04 Å². The maximum absolute atomic E-state index is 12.4. The van der Waals surface area contributed by atoms with Gasteiger partial charge in [-0.3, -0.25) is 23.3 Å². The zero-order valence-electron chi connectivity index (χ0n) is 13.3. The molecule has 0 spiro atoms. The standard InChI is InChI=1S/C15H13BrClN5O3/c1-20-12-11(13(24)21(2)15(20)25)22(14(17)19-12)7-10(23)18-9-5-3-8(16)4-6-9/h3-6H,7H2,1-2H3,(H,18,23). The van der Waals surface area contributed by atoms with Crippen LogP contribution in [0.15, 0.2) is 38.3 Å². The van der Waals surface area contributed by atoms with Crippen LogP contribution in [0.3, 0.4) is 0 Å². The first-order chi connectivity index (χ1) is 11.8. The van der Waals surface area contributed by atoms with E-state index >= 15 is 0 Å². The number of nitrogens with zero attached hydrogens (tertiary/aromatic N) is 4. The highest BCUT2D eigenvalue weighted by atomic mass is 79.9. The van der Waals surface area contributed by atoms with E-state index in [4.69, 9.17) is 11.6 Å². The number of anilines is 1. The van der Waals surface area contributed by atoms with E-state index in [0.29, 0.717) is 5.69 Å². The number of nitrogens with one attached hydrogen (secondary N) is 1. The molecule has 25 heavy (non-hydrogen) atoms. The highest BCUT2D eigenvalue weighted by molar-refractivity contribution is 9.10. The molecule has 0 atom stereocenters. The van der Waals surface area contributed by atoms with Crippen LogP contribution in [0.2, 0.25) is 5.28 Å². The van der Waals surface area contributed by atoms with E-state index in [2.05, 4.69) is 26.2 Å². The van der Waals surface area contributed by atoms with Crippen molar-refractivity contribution < 1.29 is 4.79 Å². The summed E-state index contributed by atoms with van der Waals surface area (Å²) in [6.45, 7) is -0.209. The van der Waals surface area contributed by atoms with Crippen molar-refractivity contribution in [1.82, 2.24) is 18.7 Å². The van der Waals surface area contributed by atoms with Crippen molar-refractivity contribution in [3.8, 4) is 0 Å². The lowest BCUT2D eigenvalue weighted by molar-refractivity contribution is -0.116. The van der Waals surface area contributed by atoms with Gasteiger partial charge in [0.05, 0.1) is 0 Å². The van der Waals surface area contributed by atoms with Gasteiger partial charge in [0, 0.05) is 24.3 Å². The van der Waals surface area contributed by atoms with Gasteiger partial charge in [-0.2, -0.15) is 4.98 Å². The van der Waals surface area contributed by atoms with Crippen LogP contribution in [0.25, 0.3) is 11.2 Å². The van der Waals surface area contributed by atoms with Crippen LogP contribution in [0.1, 0.15) is 0 Å². The molecule has 0 unspecified atom stereocenters. The number of imidazole rings is 1. The molecule has 130 valence electrons. The minimum atomic E-state index is -0.561. The lowest BCUT2D eigenvalue weighted by Gasteiger charge is -2.08. The normalized spacial score (nSPS) is 11.0. The van der Waals surface area contributed by atoms with Crippen LogP contribution in [-0.2, 0) is 25.4 Å². The van der Waals surface area contributed by atoms with Gasteiger partial charge in [0.2, 0.25) is 11.2 Å². The summed E-state index contributed by atoms with van der Waals surface area (Å²) in [5.41, 5.74) is -0.240. The Hall–Kier alpha value is -2.39. The van der Waals surface area contributed by atoms with E-state index in [-0.39, 0.29) is 28.9 Å². The predicted octanol–water partition coefficient (Wildman–Crippen LogP) is 1.49.